The number of rotatable bonds is 0. The van der Waals surface area contributed by atoms with E-state index in [2.05, 4.69) is 22.4 Å². The molecule has 1 radical (unpaired) electrons. The molecule has 0 bridgehead atoms. The molecule has 43 valence electrons. The van der Waals surface area contributed by atoms with E-state index in [1.165, 1.54) is 11.3 Å². The third kappa shape index (κ3) is 2.36. The summed E-state index contributed by atoms with van der Waals surface area (Å²) in [6, 6.07) is 0. The maximum absolute atomic E-state index is 4.65. The van der Waals surface area contributed by atoms with E-state index in [1.54, 1.807) is 5.51 Å². The van der Waals surface area contributed by atoms with E-state index in [4.69, 9.17) is 0 Å². The summed E-state index contributed by atoms with van der Waals surface area (Å²) in [6.07, 6.45) is 0. The van der Waals surface area contributed by atoms with Crippen LogP contribution in [0.15, 0.2) is 5.51 Å². The molecule has 0 aromatic carbocycles. The maximum Gasteiger partial charge on any atom is 0.176 e. The number of aromatic nitrogens is 2. The second kappa shape index (κ2) is 3.51. The minimum Gasteiger partial charge on any atom is -0.258 e. The van der Waals surface area contributed by atoms with Gasteiger partial charge in [-0.2, -0.15) is 5.10 Å². The van der Waals surface area contributed by atoms with Crippen LogP contribution < -0.4 is 0 Å². The maximum atomic E-state index is 4.65. The van der Waals surface area contributed by atoms with Crippen LogP contribution in [0, 0.1) is 3.95 Å². The predicted molar refractivity (Wildman–Crippen MR) is 27.3 cm³/mol. The molecule has 0 saturated heterocycles. The van der Waals surface area contributed by atoms with Crippen molar-refractivity contribution in [1.82, 2.24) is 10.2 Å². The Labute approximate surface area is 65.5 Å². The minimum atomic E-state index is 0. The van der Waals surface area contributed by atoms with Crippen molar-refractivity contribution >= 4 is 23.6 Å². The van der Waals surface area contributed by atoms with Crippen molar-refractivity contribution in [2.45, 2.75) is 0 Å². The van der Waals surface area contributed by atoms with Gasteiger partial charge >= 0.3 is 0 Å². The van der Waals surface area contributed by atoms with Crippen LogP contribution in [-0.2, 0) is 22.4 Å². The molecule has 0 atom stereocenters. The fraction of sp³-hybridized carbons (Fsp3) is 0. The van der Waals surface area contributed by atoms with Gasteiger partial charge in [0.15, 0.2) is 3.95 Å². The second-order valence-electron chi connectivity index (χ2n) is 0.752. The van der Waals surface area contributed by atoms with Gasteiger partial charge in [-0.05, 0) is 12.2 Å². The minimum absolute atomic E-state index is 0. The standard InChI is InChI=1S/C2H2N2S2.Au/c5-2-4-3-1-6-2;/h1H,(H,4,5);. The Balaban J connectivity index is 0.000000360. The first-order chi connectivity index (χ1) is 2.89. The number of nitrogens with zero attached hydrogens (tertiary/aromatic N) is 1. The Morgan fingerprint density at radius 1 is 1.86 bits per heavy atom. The SMILES string of the molecule is S=c1[nH]ncs1.[Au]. The Hall–Kier alpha value is 0.520. The molecule has 0 saturated carbocycles. The molecule has 0 spiro atoms. The smallest absolute Gasteiger partial charge is 0.176 e. The van der Waals surface area contributed by atoms with Gasteiger partial charge in [0.25, 0.3) is 0 Å². The van der Waals surface area contributed by atoms with Gasteiger partial charge in [-0.25, -0.2) is 0 Å². The summed E-state index contributed by atoms with van der Waals surface area (Å²) in [5.41, 5.74) is 1.67. The van der Waals surface area contributed by atoms with Crippen molar-refractivity contribution in [2.75, 3.05) is 0 Å². The van der Waals surface area contributed by atoms with E-state index < -0.39 is 0 Å². The molecule has 0 unspecified atom stereocenters. The van der Waals surface area contributed by atoms with Crippen molar-refractivity contribution in [3.8, 4) is 0 Å². The van der Waals surface area contributed by atoms with Crippen molar-refractivity contribution in [1.29, 1.82) is 0 Å². The summed E-state index contributed by atoms with van der Waals surface area (Å²) in [6.45, 7) is 0. The predicted octanol–water partition coefficient (Wildman–Crippen LogP) is 1.20. The Morgan fingerprint density at radius 2 is 2.57 bits per heavy atom. The summed E-state index contributed by atoms with van der Waals surface area (Å²) >= 11 is 6.07. The summed E-state index contributed by atoms with van der Waals surface area (Å²) in [7, 11) is 0. The zero-order valence-corrected chi connectivity index (χ0v) is 6.94. The van der Waals surface area contributed by atoms with Crippen LogP contribution in [0.1, 0.15) is 0 Å². The molecule has 0 aliphatic rings. The molecule has 1 N–H and O–H groups in total. The van der Waals surface area contributed by atoms with E-state index in [0.717, 1.165) is 3.95 Å². The van der Waals surface area contributed by atoms with Crippen LogP contribution in [-0.4, -0.2) is 10.2 Å². The Kier molecular flexibility index (Phi) is 3.77. The van der Waals surface area contributed by atoms with E-state index in [1.807, 2.05) is 0 Å². The van der Waals surface area contributed by atoms with Gasteiger partial charge in [0.1, 0.15) is 5.51 Å². The summed E-state index contributed by atoms with van der Waals surface area (Å²) in [4.78, 5) is 0. The average Bonchev–Trinajstić information content (AvgIpc) is 1.86. The molecule has 1 rings (SSSR count). The van der Waals surface area contributed by atoms with Crippen LogP contribution in [0.5, 0.6) is 0 Å². The largest absolute Gasteiger partial charge is 0.258 e. The van der Waals surface area contributed by atoms with Crippen LogP contribution in [0.2, 0.25) is 0 Å². The first kappa shape index (κ1) is 7.52. The van der Waals surface area contributed by atoms with Crippen LogP contribution in [0.4, 0.5) is 0 Å². The van der Waals surface area contributed by atoms with Crippen molar-refractivity contribution in [3.05, 3.63) is 9.46 Å². The number of aromatic amines is 1. The Morgan fingerprint density at radius 3 is 2.71 bits per heavy atom. The molecule has 0 aliphatic heterocycles. The summed E-state index contributed by atoms with van der Waals surface area (Å²) < 4.78 is 0.731. The van der Waals surface area contributed by atoms with E-state index in [0.29, 0.717) is 0 Å². The van der Waals surface area contributed by atoms with E-state index in [-0.39, 0.29) is 22.4 Å². The number of hydrogen-bond donors (Lipinski definition) is 1. The van der Waals surface area contributed by atoms with E-state index in [9.17, 15) is 0 Å². The molecule has 0 aliphatic carbocycles. The second-order valence-corrected chi connectivity index (χ2v) is 2.27. The topological polar surface area (TPSA) is 28.7 Å². The van der Waals surface area contributed by atoms with Crippen LogP contribution >= 0.6 is 23.6 Å². The summed E-state index contributed by atoms with van der Waals surface area (Å²) in [5.74, 6) is 0. The molecule has 1 aromatic rings. The van der Waals surface area contributed by atoms with Gasteiger partial charge in [-0.1, -0.05) is 11.3 Å². The molecule has 2 nitrogen and oxygen atoms in total. The van der Waals surface area contributed by atoms with Crippen LogP contribution in [0.25, 0.3) is 0 Å². The molecular formula is C2H2AuN2S2. The third-order valence-electron chi connectivity index (χ3n) is 0.368. The van der Waals surface area contributed by atoms with Gasteiger partial charge < -0.3 is 0 Å². The fourth-order valence-corrected chi connectivity index (χ4v) is 0.668. The van der Waals surface area contributed by atoms with Crippen molar-refractivity contribution in [3.63, 3.8) is 0 Å². The van der Waals surface area contributed by atoms with Gasteiger partial charge in [0.05, 0.1) is 0 Å². The monoisotopic (exact) mass is 315 g/mol. The van der Waals surface area contributed by atoms with Gasteiger partial charge in [0, 0.05) is 22.4 Å². The molecule has 0 amide bonds. The third-order valence-corrected chi connectivity index (χ3v) is 1.26. The van der Waals surface area contributed by atoms with Gasteiger partial charge in [-0.3, -0.25) is 5.10 Å². The van der Waals surface area contributed by atoms with E-state index >= 15 is 0 Å². The number of nitrogens with one attached hydrogen (secondary N) is 1. The molecule has 1 aromatic heterocycles. The molecule has 5 heteroatoms. The quantitative estimate of drug-likeness (QED) is 0.576. The average molecular weight is 315 g/mol. The molecule has 1 heterocycles. The zero-order chi connectivity index (χ0) is 4.41. The Bertz CT molecular complexity index is 151. The van der Waals surface area contributed by atoms with Gasteiger partial charge in [0.2, 0.25) is 0 Å². The first-order valence-corrected chi connectivity index (χ1v) is 2.66. The fourth-order valence-electron chi connectivity index (χ4n) is 0.180. The molecule has 7 heavy (non-hydrogen) atoms. The number of H-pyrrole nitrogens is 1. The molecular weight excluding hydrogens is 313 g/mol. The van der Waals surface area contributed by atoms with Crippen molar-refractivity contribution in [2.24, 2.45) is 0 Å². The zero-order valence-electron chi connectivity index (χ0n) is 3.14. The van der Waals surface area contributed by atoms with Crippen LogP contribution in [0.3, 0.4) is 0 Å². The number of hydrogen-bond acceptors (Lipinski definition) is 3. The van der Waals surface area contributed by atoms with Gasteiger partial charge in [-0.15, -0.1) is 0 Å². The molecule has 0 fully saturated rings. The normalized spacial score (nSPS) is 7.43. The van der Waals surface area contributed by atoms with Crippen molar-refractivity contribution < 1.29 is 22.4 Å². The summed E-state index contributed by atoms with van der Waals surface area (Å²) in [5, 5.41) is 6.19. The first-order valence-electron chi connectivity index (χ1n) is 1.38.